The molecule has 7 heteroatoms. The van der Waals surface area contributed by atoms with Crippen LogP contribution in [0, 0.1) is 5.82 Å². The van der Waals surface area contributed by atoms with E-state index >= 15 is 0 Å². The quantitative estimate of drug-likeness (QED) is 0.842. The number of amides is 1. The highest BCUT2D eigenvalue weighted by molar-refractivity contribution is 5.95. The summed E-state index contributed by atoms with van der Waals surface area (Å²) in [5.41, 5.74) is -0.0512. The predicted octanol–water partition coefficient (Wildman–Crippen LogP) is 1.56. The lowest BCUT2D eigenvalue weighted by Gasteiger charge is -2.29. The number of likely N-dealkylation sites (tertiary alicyclic amines) is 1. The lowest BCUT2D eigenvalue weighted by atomic mass is 10.1. The van der Waals surface area contributed by atoms with Crippen molar-refractivity contribution in [2.24, 2.45) is 0 Å². The van der Waals surface area contributed by atoms with Crippen LogP contribution in [-0.4, -0.2) is 61.4 Å². The Labute approximate surface area is 146 Å². The molecule has 25 heavy (non-hydrogen) atoms. The molecule has 1 aliphatic heterocycles. The van der Waals surface area contributed by atoms with Gasteiger partial charge in [0.15, 0.2) is 11.5 Å². The number of aliphatic hydroxyl groups is 1. The molecule has 1 saturated heterocycles. The zero-order chi connectivity index (χ0) is 18.0. The minimum Gasteiger partial charge on any atom is -0.493 e. The van der Waals surface area contributed by atoms with Gasteiger partial charge in [-0.1, -0.05) is 0 Å². The van der Waals surface area contributed by atoms with E-state index in [0.717, 1.165) is 38.3 Å². The monoisotopic (exact) mass is 352 g/mol. The molecule has 1 unspecified atom stereocenters. The highest BCUT2D eigenvalue weighted by Crippen LogP contribution is 2.31. The Morgan fingerprint density at radius 2 is 1.96 bits per heavy atom. The van der Waals surface area contributed by atoms with Crippen molar-refractivity contribution in [1.29, 1.82) is 0 Å². The third kappa shape index (κ3) is 3.72. The third-order valence-electron chi connectivity index (χ3n) is 5.18. The Bertz CT molecular complexity index is 640. The van der Waals surface area contributed by atoms with E-state index in [1.165, 1.54) is 20.3 Å². The number of benzene rings is 1. The second kappa shape index (κ2) is 7.58. The van der Waals surface area contributed by atoms with Crippen LogP contribution < -0.4 is 14.8 Å². The summed E-state index contributed by atoms with van der Waals surface area (Å²) in [6.45, 7) is 1.48. The summed E-state index contributed by atoms with van der Waals surface area (Å²) in [5, 5.41) is 12.7. The molecule has 3 atom stereocenters. The third-order valence-corrected chi connectivity index (χ3v) is 5.18. The van der Waals surface area contributed by atoms with E-state index < -0.39 is 11.7 Å². The Morgan fingerprint density at radius 3 is 2.60 bits per heavy atom. The van der Waals surface area contributed by atoms with Crippen LogP contribution in [0.4, 0.5) is 4.39 Å². The molecule has 2 N–H and O–H groups in total. The molecule has 0 radical (unpaired) electrons. The second-order valence-electron chi connectivity index (χ2n) is 6.70. The van der Waals surface area contributed by atoms with Gasteiger partial charge in [-0.15, -0.1) is 0 Å². The number of halogens is 1. The van der Waals surface area contributed by atoms with Crippen molar-refractivity contribution >= 4 is 5.91 Å². The SMILES string of the molecule is COc1cc(F)c(C(=O)N[C@@H]2CCC[C@@H]2N2CCC(O)C2)cc1OC. The first-order valence-corrected chi connectivity index (χ1v) is 8.68. The molecule has 1 amide bonds. The summed E-state index contributed by atoms with van der Waals surface area (Å²) in [6, 6.07) is 2.69. The molecule has 2 fully saturated rings. The van der Waals surface area contributed by atoms with Crippen LogP contribution in [0.15, 0.2) is 12.1 Å². The maximum absolute atomic E-state index is 14.3. The Morgan fingerprint density at radius 1 is 1.24 bits per heavy atom. The van der Waals surface area contributed by atoms with Gasteiger partial charge in [-0.25, -0.2) is 4.39 Å². The van der Waals surface area contributed by atoms with Gasteiger partial charge in [0.2, 0.25) is 0 Å². The topological polar surface area (TPSA) is 71.0 Å². The number of hydrogen-bond acceptors (Lipinski definition) is 5. The van der Waals surface area contributed by atoms with Crippen molar-refractivity contribution in [1.82, 2.24) is 10.2 Å². The standard InChI is InChI=1S/C18H25FN2O4/c1-24-16-8-12(13(19)9-17(16)25-2)18(23)20-14-4-3-5-15(14)21-7-6-11(22)10-21/h8-9,11,14-15,22H,3-7,10H2,1-2H3,(H,20,23)/t11?,14-,15+/m1/s1. The van der Waals surface area contributed by atoms with Crippen LogP contribution in [0.1, 0.15) is 36.0 Å². The summed E-state index contributed by atoms with van der Waals surface area (Å²) in [4.78, 5) is 14.8. The number of carbonyl (C=O) groups excluding carboxylic acids is 1. The maximum atomic E-state index is 14.3. The van der Waals surface area contributed by atoms with E-state index in [4.69, 9.17) is 9.47 Å². The van der Waals surface area contributed by atoms with Crippen LogP contribution in [0.5, 0.6) is 11.5 Å². The zero-order valence-corrected chi connectivity index (χ0v) is 14.6. The summed E-state index contributed by atoms with van der Waals surface area (Å²) in [5.74, 6) is -0.516. The molecule has 3 rings (SSSR count). The lowest BCUT2D eigenvalue weighted by Crippen LogP contribution is -2.48. The summed E-state index contributed by atoms with van der Waals surface area (Å²) >= 11 is 0. The van der Waals surface area contributed by atoms with E-state index in [9.17, 15) is 14.3 Å². The van der Waals surface area contributed by atoms with E-state index in [1.807, 2.05) is 0 Å². The smallest absolute Gasteiger partial charge is 0.254 e. The number of rotatable bonds is 5. The molecule has 1 aromatic carbocycles. The molecule has 0 spiro atoms. The van der Waals surface area contributed by atoms with Crippen molar-refractivity contribution in [3.8, 4) is 11.5 Å². The fourth-order valence-electron chi connectivity index (χ4n) is 3.89. The molecule has 2 aliphatic rings. The van der Waals surface area contributed by atoms with Crippen LogP contribution >= 0.6 is 0 Å². The Balaban J connectivity index is 1.73. The van der Waals surface area contributed by atoms with Crippen molar-refractivity contribution in [3.05, 3.63) is 23.5 Å². The molecule has 6 nitrogen and oxygen atoms in total. The molecule has 1 aliphatic carbocycles. The molecule has 1 heterocycles. The van der Waals surface area contributed by atoms with Crippen LogP contribution in [0.2, 0.25) is 0 Å². The number of β-amino-alcohol motifs (C(OH)–C–C–N with tert-alkyl or cyclic N) is 1. The fourth-order valence-corrected chi connectivity index (χ4v) is 3.89. The normalized spacial score (nSPS) is 26.6. The van der Waals surface area contributed by atoms with Gasteiger partial charge in [0, 0.05) is 31.2 Å². The summed E-state index contributed by atoms with van der Waals surface area (Å²) in [7, 11) is 2.87. The number of hydrogen-bond donors (Lipinski definition) is 2. The lowest BCUT2D eigenvalue weighted by molar-refractivity contribution is 0.0901. The number of aliphatic hydroxyl groups excluding tert-OH is 1. The van der Waals surface area contributed by atoms with E-state index in [1.54, 1.807) is 0 Å². The molecule has 1 saturated carbocycles. The first-order valence-electron chi connectivity index (χ1n) is 8.68. The number of nitrogens with one attached hydrogen (secondary N) is 1. The summed E-state index contributed by atoms with van der Waals surface area (Å²) < 4.78 is 24.5. The largest absolute Gasteiger partial charge is 0.493 e. The van der Waals surface area contributed by atoms with Crippen LogP contribution in [0.25, 0.3) is 0 Å². The Kier molecular flexibility index (Phi) is 5.44. The van der Waals surface area contributed by atoms with Crippen molar-refractivity contribution in [3.63, 3.8) is 0 Å². The minimum atomic E-state index is -0.638. The Hall–Kier alpha value is -1.86. The highest BCUT2D eigenvalue weighted by Gasteiger charge is 2.36. The van der Waals surface area contributed by atoms with E-state index in [-0.39, 0.29) is 29.5 Å². The molecule has 1 aromatic rings. The van der Waals surface area contributed by atoms with Gasteiger partial charge < -0.3 is 19.9 Å². The molecular weight excluding hydrogens is 327 g/mol. The summed E-state index contributed by atoms with van der Waals surface area (Å²) in [6.07, 6.45) is 3.32. The van der Waals surface area contributed by atoms with Gasteiger partial charge in [0.1, 0.15) is 5.82 Å². The molecule has 138 valence electrons. The number of methoxy groups -OCH3 is 2. The highest BCUT2D eigenvalue weighted by atomic mass is 19.1. The van der Waals surface area contributed by atoms with Crippen molar-refractivity contribution in [2.45, 2.75) is 43.9 Å². The predicted molar refractivity (Wildman–Crippen MR) is 90.6 cm³/mol. The number of nitrogens with zero attached hydrogens (tertiary/aromatic N) is 1. The fraction of sp³-hybridized carbons (Fsp3) is 0.611. The molecule has 0 aromatic heterocycles. The van der Waals surface area contributed by atoms with Gasteiger partial charge in [-0.05, 0) is 31.7 Å². The average molecular weight is 352 g/mol. The van der Waals surface area contributed by atoms with Gasteiger partial charge in [0.05, 0.1) is 25.9 Å². The van der Waals surface area contributed by atoms with Gasteiger partial charge in [-0.3, -0.25) is 9.69 Å². The van der Waals surface area contributed by atoms with Gasteiger partial charge in [0.25, 0.3) is 5.91 Å². The van der Waals surface area contributed by atoms with Crippen molar-refractivity contribution in [2.75, 3.05) is 27.3 Å². The van der Waals surface area contributed by atoms with Crippen LogP contribution in [0.3, 0.4) is 0 Å². The number of carbonyl (C=O) groups is 1. The molecular formula is C18H25FN2O4. The second-order valence-corrected chi connectivity index (χ2v) is 6.70. The average Bonchev–Trinajstić information content (AvgIpc) is 3.22. The minimum absolute atomic E-state index is 0.0368. The zero-order valence-electron chi connectivity index (χ0n) is 14.6. The molecule has 0 bridgehead atoms. The van der Waals surface area contributed by atoms with E-state index in [2.05, 4.69) is 10.2 Å². The van der Waals surface area contributed by atoms with Crippen LogP contribution in [-0.2, 0) is 0 Å². The van der Waals surface area contributed by atoms with E-state index in [0.29, 0.717) is 12.3 Å². The van der Waals surface area contributed by atoms with Gasteiger partial charge in [-0.2, -0.15) is 0 Å². The maximum Gasteiger partial charge on any atom is 0.254 e. The van der Waals surface area contributed by atoms with Gasteiger partial charge >= 0.3 is 0 Å². The first kappa shape index (κ1) is 17.9. The van der Waals surface area contributed by atoms with Crippen molar-refractivity contribution < 1.29 is 23.8 Å². The first-order chi connectivity index (χ1) is 12.0. The number of ether oxygens (including phenoxy) is 2.